The molecule has 2 aromatic rings. The van der Waals surface area contributed by atoms with Crippen LogP contribution >= 0.6 is 0 Å². The maximum Gasteiger partial charge on any atom is 0.340 e. The zero-order valence-electron chi connectivity index (χ0n) is 13.9. The SMILES string of the molecule is COC(=O)c1cccc(N2C(=O)c3cccc(N)c3C2=O)c1C(=O)OC. The number of carbonyl (C=O) groups excluding carboxylic acids is 4. The maximum atomic E-state index is 12.8. The van der Waals surface area contributed by atoms with E-state index in [1.54, 1.807) is 6.07 Å². The second kappa shape index (κ2) is 6.32. The van der Waals surface area contributed by atoms with Crippen LogP contribution in [0.2, 0.25) is 0 Å². The molecule has 132 valence electrons. The Morgan fingerprint density at radius 3 is 2.19 bits per heavy atom. The van der Waals surface area contributed by atoms with E-state index in [0.717, 1.165) is 19.1 Å². The summed E-state index contributed by atoms with van der Waals surface area (Å²) < 4.78 is 9.39. The lowest BCUT2D eigenvalue weighted by molar-refractivity contribution is 0.0555. The van der Waals surface area contributed by atoms with Gasteiger partial charge in [0.2, 0.25) is 0 Å². The van der Waals surface area contributed by atoms with Crippen LogP contribution in [0, 0.1) is 0 Å². The smallest absolute Gasteiger partial charge is 0.340 e. The fraction of sp³-hybridized carbons (Fsp3) is 0.111. The Hall–Kier alpha value is -3.68. The number of amides is 2. The molecule has 1 aliphatic rings. The molecule has 3 rings (SSSR count). The Labute approximate surface area is 148 Å². The lowest BCUT2D eigenvalue weighted by Crippen LogP contribution is -2.32. The molecule has 0 fully saturated rings. The molecule has 2 aromatic carbocycles. The van der Waals surface area contributed by atoms with E-state index in [2.05, 4.69) is 4.74 Å². The predicted octanol–water partition coefficient (Wildman–Crippen LogP) is 1.64. The molecule has 8 nitrogen and oxygen atoms in total. The number of anilines is 2. The Balaban J connectivity index is 2.24. The number of benzene rings is 2. The molecule has 0 aromatic heterocycles. The van der Waals surface area contributed by atoms with Crippen LogP contribution in [0.4, 0.5) is 11.4 Å². The number of methoxy groups -OCH3 is 2. The Kier molecular flexibility index (Phi) is 4.17. The third-order valence-corrected chi connectivity index (χ3v) is 4.03. The minimum absolute atomic E-state index is 0.0526. The zero-order chi connectivity index (χ0) is 19.0. The molecule has 2 N–H and O–H groups in total. The second-order valence-corrected chi connectivity index (χ2v) is 5.40. The topological polar surface area (TPSA) is 116 Å². The van der Waals surface area contributed by atoms with Crippen molar-refractivity contribution in [1.82, 2.24) is 0 Å². The number of rotatable bonds is 3. The molecule has 2 amide bonds. The van der Waals surface area contributed by atoms with Crippen LogP contribution in [0.3, 0.4) is 0 Å². The molecule has 1 heterocycles. The van der Waals surface area contributed by atoms with Gasteiger partial charge >= 0.3 is 11.9 Å². The number of ether oxygens (including phenoxy) is 2. The summed E-state index contributed by atoms with van der Waals surface area (Å²) in [5, 5.41) is 0. The van der Waals surface area contributed by atoms with Crippen molar-refractivity contribution in [1.29, 1.82) is 0 Å². The molecule has 0 aliphatic carbocycles. The highest BCUT2D eigenvalue weighted by Gasteiger charge is 2.40. The fourth-order valence-electron chi connectivity index (χ4n) is 2.85. The van der Waals surface area contributed by atoms with Crippen LogP contribution in [0.1, 0.15) is 41.4 Å². The largest absolute Gasteiger partial charge is 0.465 e. The minimum Gasteiger partial charge on any atom is -0.465 e. The summed E-state index contributed by atoms with van der Waals surface area (Å²) in [5.74, 6) is -3.02. The third kappa shape index (κ3) is 2.39. The van der Waals surface area contributed by atoms with Gasteiger partial charge in [-0.25, -0.2) is 14.5 Å². The summed E-state index contributed by atoms with van der Waals surface area (Å²) in [6.45, 7) is 0. The van der Waals surface area contributed by atoms with Gasteiger partial charge in [0.25, 0.3) is 11.8 Å². The number of nitrogens with two attached hydrogens (primary N) is 1. The van der Waals surface area contributed by atoms with Crippen LogP contribution in [-0.4, -0.2) is 38.0 Å². The van der Waals surface area contributed by atoms with Gasteiger partial charge < -0.3 is 15.2 Å². The van der Waals surface area contributed by atoms with Crippen molar-refractivity contribution in [3.63, 3.8) is 0 Å². The summed E-state index contributed by atoms with van der Waals surface area (Å²) in [4.78, 5) is 50.7. The van der Waals surface area contributed by atoms with Gasteiger partial charge in [-0.15, -0.1) is 0 Å². The van der Waals surface area contributed by atoms with Crippen LogP contribution in [-0.2, 0) is 9.47 Å². The van der Waals surface area contributed by atoms with Crippen LogP contribution in [0.5, 0.6) is 0 Å². The lowest BCUT2D eigenvalue weighted by atomic mass is 10.0. The zero-order valence-corrected chi connectivity index (χ0v) is 13.9. The van der Waals surface area contributed by atoms with Gasteiger partial charge in [-0.3, -0.25) is 9.59 Å². The molecular weight excluding hydrogens is 340 g/mol. The molecule has 1 aliphatic heterocycles. The van der Waals surface area contributed by atoms with Crippen molar-refractivity contribution in [2.24, 2.45) is 0 Å². The number of nitrogen functional groups attached to an aromatic ring is 1. The van der Waals surface area contributed by atoms with E-state index in [9.17, 15) is 19.2 Å². The summed E-state index contributed by atoms with van der Waals surface area (Å²) in [7, 11) is 2.28. The molecule has 0 saturated carbocycles. The van der Waals surface area contributed by atoms with E-state index in [4.69, 9.17) is 10.5 Å². The quantitative estimate of drug-likeness (QED) is 0.506. The number of hydrogen-bond acceptors (Lipinski definition) is 7. The molecule has 0 unspecified atom stereocenters. The fourth-order valence-corrected chi connectivity index (χ4v) is 2.85. The average Bonchev–Trinajstić information content (AvgIpc) is 2.91. The highest BCUT2D eigenvalue weighted by molar-refractivity contribution is 6.37. The van der Waals surface area contributed by atoms with E-state index in [1.165, 1.54) is 30.3 Å². The first-order valence-corrected chi connectivity index (χ1v) is 7.49. The van der Waals surface area contributed by atoms with Crippen molar-refractivity contribution in [2.75, 3.05) is 24.9 Å². The summed E-state index contributed by atoms with van der Waals surface area (Å²) >= 11 is 0. The molecule has 0 saturated heterocycles. The first-order chi connectivity index (χ1) is 12.4. The number of fused-ring (bicyclic) bond motifs is 1. The maximum absolute atomic E-state index is 12.8. The summed E-state index contributed by atoms with van der Waals surface area (Å²) in [6.07, 6.45) is 0. The van der Waals surface area contributed by atoms with Gasteiger partial charge in [-0.05, 0) is 24.3 Å². The number of hydrogen-bond donors (Lipinski definition) is 1. The van der Waals surface area contributed by atoms with Crippen LogP contribution < -0.4 is 10.6 Å². The highest BCUT2D eigenvalue weighted by Crippen LogP contribution is 2.35. The van der Waals surface area contributed by atoms with Crippen LogP contribution in [0.25, 0.3) is 0 Å². The van der Waals surface area contributed by atoms with Gasteiger partial charge in [0, 0.05) is 5.69 Å². The molecule has 0 radical (unpaired) electrons. The van der Waals surface area contributed by atoms with E-state index < -0.39 is 23.8 Å². The van der Waals surface area contributed by atoms with E-state index in [1.807, 2.05) is 0 Å². The van der Waals surface area contributed by atoms with Crippen molar-refractivity contribution in [3.8, 4) is 0 Å². The number of nitrogens with zero attached hydrogens (tertiary/aromatic N) is 1. The number of carbonyl (C=O) groups is 4. The molecule has 26 heavy (non-hydrogen) atoms. The number of imide groups is 1. The Morgan fingerprint density at radius 2 is 1.58 bits per heavy atom. The van der Waals surface area contributed by atoms with Gasteiger partial charge in [0.05, 0.1) is 42.2 Å². The van der Waals surface area contributed by atoms with Crippen molar-refractivity contribution < 1.29 is 28.7 Å². The van der Waals surface area contributed by atoms with Gasteiger partial charge in [0.15, 0.2) is 0 Å². The van der Waals surface area contributed by atoms with E-state index >= 15 is 0 Å². The van der Waals surface area contributed by atoms with E-state index in [0.29, 0.717) is 0 Å². The van der Waals surface area contributed by atoms with Crippen molar-refractivity contribution in [2.45, 2.75) is 0 Å². The summed E-state index contributed by atoms with van der Waals surface area (Å²) in [6, 6.07) is 8.66. The summed E-state index contributed by atoms with van der Waals surface area (Å²) in [5.41, 5.74) is 5.70. The standard InChI is InChI=1S/C18H14N2O6/c1-25-17(23)10-6-4-8-12(14(10)18(24)26-2)20-15(21)9-5-3-7-11(19)13(9)16(20)22/h3-8H,19H2,1-2H3. The Morgan fingerprint density at radius 1 is 0.923 bits per heavy atom. The van der Waals surface area contributed by atoms with Crippen molar-refractivity contribution in [3.05, 3.63) is 58.7 Å². The molecule has 0 spiro atoms. The predicted molar refractivity (Wildman–Crippen MR) is 91.1 cm³/mol. The number of esters is 2. The van der Waals surface area contributed by atoms with Gasteiger partial charge in [0.1, 0.15) is 0 Å². The minimum atomic E-state index is -0.884. The normalized spacial score (nSPS) is 12.8. The average molecular weight is 354 g/mol. The van der Waals surface area contributed by atoms with Crippen LogP contribution in [0.15, 0.2) is 36.4 Å². The molecule has 0 bridgehead atoms. The van der Waals surface area contributed by atoms with Gasteiger partial charge in [-0.1, -0.05) is 12.1 Å². The first-order valence-electron chi connectivity index (χ1n) is 7.49. The monoisotopic (exact) mass is 354 g/mol. The second-order valence-electron chi connectivity index (χ2n) is 5.40. The first kappa shape index (κ1) is 17.2. The van der Waals surface area contributed by atoms with Crippen molar-refractivity contribution >= 4 is 35.1 Å². The van der Waals surface area contributed by atoms with E-state index in [-0.39, 0.29) is 33.6 Å². The Bertz CT molecular complexity index is 966. The lowest BCUT2D eigenvalue weighted by Gasteiger charge is -2.19. The molecule has 0 atom stereocenters. The van der Waals surface area contributed by atoms with Gasteiger partial charge in [-0.2, -0.15) is 0 Å². The molecular formula is C18H14N2O6. The highest BCUT2D eigenvalue weighted by atomic mass is 16.5. The molecule has 8 heteroatoms. The third-order valence-electron chi connectivity index (χ3n) is 4.03.